The Morgan fingerprint density at radius 2 is 2.11 bits per heavy atom. The number of carbonyl (C=O) groups excluding carboxylic acids is 1. The van der Waals surface area contributed by atoms with Crippen LogP contribution in [0.15, 0.2) is 34.9 Å². The number of ether oxygens (including phenoxy) is 1. The lowest BCUT2D eigenvalue weighted by molar-refractivity contribution is -0.120. The summed E-state index contributed by atoms with van der Waals surface area (Å²) in [6.07, 6.45) is 0.230. The van der Waals surface area contributed by atoms with Crippen molar-refractivity contribution in [3.8, 4) is 5.75 Å². The fourth-order valence-electron chi connectivity index (χ4n) is 1.67. The summed E-state index contributed by atoms with van der Waals surface area (Å²) in [5.74, 6) is 1.43. The van der Waals surface area contributed by atoms with E-state index < -0.39 is 0 Å². The Bertz CT molecular complexity index is 546. The van der Waals surface area contributed by atoms with E-state index in [4.69, 9.17) is 9.26 Å². The van der Waals surface area contributed by atoms with Gasteiger partial charge in [0.2, 0.25) is 5.91 Å². The molecule has 0 saturated carbocycles. The highest BCUT2D eigenvalue weighted by Gasteiger charge is 2.07. The lowest BCUT2D eigenvalue weighted by Crippen LogP contribution is -2.24. The van der Waals surface area contributed by atoms with Crippen LogP contribution in [0.2, 0.25) is 0 Å². The second kappa shape index (κ2) is 6.04. The smallest absolute Gasteiger partial charge is 0.226 e. The molecule has 0 radical (unpaired) electrons. The van der Waals surface area contributed by atoms with Gasteiger partial charge in [-0.2, -0.15) is 0 Å². The van der Waals surface area contributed by atoms with Gasteiger partial charge in [-0.1, -0.05) is 17.3 Å². The van der Waals surface area contributed by atoms with Crippen molar-refractivity contribution in [3.05, 3.63) is 47.3 Å². The quantitative estimate of drug-likeness (QED) is 0.891. The number of rotatable bonds is 5. The van der Waals surface area contributed by atoms with Crippen molar-refractivity contribution in [1.29, 1.82) is 0 Å². The zero-order chi connectivity index (χ0) is 13.7. The fourth-order valence-corrected chi connectivity index (χ4v) is 1.67. The van der Waals surface area contributed by atoms with Gasteiger partial charge in [0.15, 0.2) is 0 Å². The average molecular weight is 260 g/mol. The zero-order valence-corrected chi connectivity index (χ0v) is 11.0. The maximum absolute atomic E-state index is 11.7. The van der Waals surface area contributed by atoms with Crippen LogP contribution in [0, 0.1) is 6.92 Å². The minimum Gasteiger partial charge on any atom is -0.497 e. The van der Waals surface area contributed by atoms with Gasteiger partial charge in [0.05, 0.1) is 19.2 Å². The number of nitrogens with zero attached hydrogens (tertiary/aromatic N) is 1. The summed E-state index contributed by atoms with van der Waals surface area (Å²) in [6, 6.07) is 9.32. The van der Waals surface area contributed by atoms with Crippen LogP contribution in [0.25, 0.3) is 0 Å². The largest absolute Gasteiger partial charge is 0.497 e. The lowest BCUT2D eigenvalue weighted by atomic mass is 10.2. The summed E-state index contributed by atoms with van der Waals surface area (Å²) in [7, 11) is 1.62. The van der Waals surface area contributed by atoms with Gasteiger partial charge in [0.1, 0.15) is 11.5 Å². The molecule has 0 fully saturated rings. The molecular weight excluding hydrogens is 244 g/mol. The van der Waals surface area contributed by atoms with Crippen LogP contribution in [-0.4, -0.2) is 18.2 Å². The predicted octanol–water partition coefficient (Wildman–Crippen LogP) is 1.85. The minimum atomic E-state index is -0.0795. The molecule has 0 aliphatic carbocycles. The molecule has 1 amide bonds. The van der Waals surface area contributed by atoms with Gasteiger partial charge in [0.25, 0.3) is 0 Å². The molecule has 1 N–H and O–H groups in total. The third-order valence-corrected chi connectivity index (χ3v) is 2.67. The number of amides is 1. The molecule has 1 heterocycles. The Morgan fingerprint density at radius 1 is 1.37 bits per heavy atom. The van der Waals surface area contributed by atoms with Gasteiger partial charge in [-0.15, -0.1) is 0 Å². The highest BCUT2D eigenvalue weighted by Crippen LogP contribution is 2.11. The molecule has 19 heavy (non-hydrogen) atoms. The molecule has 0 unspecified atom stereocenters. The molecule has 0 aliphatic rings. The Hall–Kier alpha value is -2.30. The molecular formula is C14H16N2O3. The molecule has 0 bridgehead atoms. The van der Waals surface area contributed by atoms with E-state index >= 15 is 0 Å². The van der Waals surface area contributed by atoms with Crippen LogP contribution in [0.4, 0.5) is 0 Å². The molecule has 5 heteroatoms. The van der Waals surface area contributed by atoms with Crippen molar-refractivity contribution < 1.29 is 14.1 Å². The van der Waals surface area contributed by atoms with Crippen LogP contribution >= 0.6 is 0 Å². The summed E-state index contributed by atoms with van der Waals surface area (Å²) >= 11 is 0. The van der Waals surface area contributed by atoms with E-state index in [9.17, 15) is 4.79 Å². The van der Waals surface area contributed by atoms with Gasteiger partial charge in [-0.05, 0) is 24.6 Å². The molecule has 2 rings (SSSR count). The third-order valence-electron chi connectivity index (χ3n) is 2.67. The van der Waals surface area contributed by atoms with E-state index in [0.717, 1.165) is 11.3 Å². The maximum Gasteiger partial charge on any atom is 0.226 e. The SMILES string of the molecule is COc1ccc(CNC(=O)Cc2cc(C)on2)cc1. The standard InChI is InChI=1S/C14H16N2O3/c1-10-7-12(16-19-10)8-14(17)15-9-11-3-5-13(18-2)6-4-11/h3-7H,8-9H2,1-2H3,(H,15,17). The number of aryl methyl sites for hydroxylation is 1. The first-order valence-corrected chi connectivity index (χ1v) is 5.99. The Kier molecular flexibility index (Phi) is 4.18. The predicted molar refractivity (Wildman–Crippen MR) is 69.8 cm³/mol. The summed E-state index contributed by atoms with van der Waals surface area (Å²) in [5, 5.41) is 6.61. The number of hydrogen-bond acceptors (Lipinski definition) is 4. The molecule has 2 aromatic rings. The second-order valence-corrected chi connectivity index (χ2v) is 4.23. The van der Waals surface area contributed by atoms with Crippen LogP contribution in [-0.2, 0) is 17.8 Å². The first kappa shape index (κ1) is 13.1. The van der Waals surface area contributed by atoms with Crippen molar-refractivity contribution in [2.24, 2.45) is 0 Å². The molecule has 0 atom stereocenters. The topological polar surface area (TPSA) is 64.4 Å². The van der Waals surface area contributed by atoms with Crippen molar-refractivity contribution in [2.75, 3.05) is 7.11 Å². The zero-order valence-electron chi connectivity index (χ0n) is 11.0. The number of methoxy groups -OCH3 is 1. The molecule has 1 aromatic heterocycles. The second-order valence-electron chi connectivity index (χ2n) is 4.23. The number of carbonyl (C=O) groups is 1. The van der Waals surface area contributed by atoms with Crippen LogP contribution in [0.1, 0.15) is 17.0 Å². The average Bonchev–Trinajstić information content (AvgIpc) is 2.82. The van der Waals surface area contributed by atoms with Crippen LogP contribution in [0.3, 0.4) is 0 Å². The number of aromatic nitrogens is 1. The number of nitrogens with one attached hydrogen (secondary N) is 1. The van der Waals surface area contributed by atoms with Crippen molar-refractivity contribution in [3.63, 3.8) is 0 Å². The van der Waals surface area contributed by atoms with E-state index in [1.165, 1.54) is 0 Å². The van der Waals surface area contributed by atoms with Crippen molar-refractivity contribution >= 4 is 5.91 Å². The van der Waals surface area contributed by atoms with Crippen LogP contribution < -0.4 is 10.1 Å². The van der Waals surface area contributed by atoms with E-state index in [1.54, 1.807) is 20.1 Å². The lowest BCUT2D eigenvalue weighted by Gasteiger charge is -2.05. The summed E-state index contributed by atoms with van der Waals surface area (Å²) < 4.78 is 9.98. The van der Waals surface area contributed by atoms with E-state index in [2.05, 4.69) is 10.5 Å². The van der Waals surface area contributed by atoms with Gasteiger partial charge in [-0.25, -0.2) is 0 Å². The number of hydrogen-bond donors (Lipinski definition) is 1. The summed E-state index contributed by atoms with van der Waals surface area (Å²) in [5.41, 5.74) is 1.66. The van der Waals surface area contributed by atoms with Crippen molar-refractivity contribution in [2.45, 2.75) is 19.9 Å². The molecule has 0 spiro atoms. The molecule has 0 aliphatic heterocycles. The van der Waals surface area contributed by atoms with Gasteiger partial charge in [-0.3, -0.25) is 4.79 Å². The summed E-state index contributed by atoms with van der Waals surface area (Å²) in [6.45, 7) is 2.28. The Balaban J connectivity index is 1.82. The first-order chi connectivity index (χ1) is 9.17. The Labute approximate surface area is 111 Å². The third kappa shape index (κ3) is 3.84. The highest BCUT2D eigenvalue weighted by molar-refractivity contribution is 5.78. The minimum absolute atomic E-state index is 0.0795. The van der Waals surface area contributed by atoms with Crippen LogP contribution in [0.5, 0.6) is 5.75 Å². The molecule has 100 valence electrons. The fraction of sp³-hybridized carbons (Fsp3) is 0.286. The maximum atomic E-state index is 11.7. The Morgan fingerprint density at radius 3 is 2.68 bits per heavy atom. The highest BCUT2D eigenvalue weighted by atomic mass is 16.5. The normalized spacial score (nSPS) is 10.2. The monoisotopic (exact) mass is 260 g/mol. The van der Waals surface area contributed by atoms with E-state index in [1.807, 2.05) is 24.3 Å². The molecule has 0 saturated heterocycles. The van der Waals surface area contributed by atoms with Gasteiger partial charge < -0.3 is 14.6 Å². The van der Waals surface area contributed by atoms with Crippen molar-refractivity contribution in [1.82, 2.24) is 10.5 Å². The van der Waals surface area contributed by atoms with E-state index in [-0.39, 0.29) is 12.3 Å². The first-order valence-electron chi connectivity index (χ1n) is 5.99. The number of benzene rings is 1. The van der Waals surface area contributed by atoms with E-state index in [0.29, 0.717) is 18.0 Å². The molecule has 1 aromatic carbocycles. The van der Waals surface area contributed by atoms with Gasteiger partial charge >= 0.3 is 0 Å². The molecule has 5 nitrogen and oxygen atoms in total. The van der Waals surface area contributed by atoms with Gasteiger partial charge in [0, 0.05) is 12.6 Å². The summed E-state index contributed by atoms with van der Waals surface area (Å²) in [4.78, 5) is 11.7.